The van der Waals surface area contributed by atoms with E-state index < -0.39 is 5.91 Å². The Kier molecular flexibility index (Phi) is 3.94. The van der Waals surface area contributed by atoms with E-state index in [0.717, 1.165) is 21.8 Å². The molecular weight excluding hydrogens is 272 g/mol. The largest absolute Gasteiger partial charge is 0.398 e. The molecule has 0 aliphatic carbocycles. The third kappa shape index (κ3) is 2.91. The number of amides is 1. The normalized spacial score (nSPS) is 10.6. The van der Waals surface area contributed by atoms with Crippen LogP contribution in [0.25, 0.3) is 0 Å². The van der Waals surface area contributed by atoms with Crippen molar-refractivity contribution < 1.29 is 4.79 Å². The fraction of sp³-hybridized carbons (Fsp3) is 0.214. The molecule has 0 bridgehead atoms. The lowest BCUT2D eigenvalue weighted by Crippen LogP contribution is -2.11. The Hall–Kier alpha value is -2.08. The second-order valence-corrected chi connectivity index (χ2v) is 5.53. The van der Waals surface area contributed by atoms with Crippen LogP contribution in [-0.2, 0) is 0 Å². The lowest BCUT2D eigenvalue weighted by molar-refractivity contribution is 0.100. The summed E-state index contributed by atoms with van der Waals surface area (Å²) in [7, 11) is 0. The molecule has 4 N–H and O–H groups in total. The maximum absolute atomic E-state index is 11.1. The van der Waals surface area contributed by atoms with Crippen LogP contribution in [0.1, 0.15) is 27.3 Å². The van der Waals surface area contributed by atoms with Gasteiger partial charge in [0.25, 0.3) is 0 Å². The van der Waals surface area contributed by atoms with Gasteiger partial charge < -0.3 is 11.5 Å². The van der Waals surface area contributed by atoms with E-state index in [1.165, 1.54) is 11.8 Å². The third-order valence-electron chi connectivity index (χ3n) is 3.11. The van der Waals surface area contributed by atoms with Gasteiger partial charge in [0, 0.05) is 27.5 Å². The number of nitrogen functional groups attached to an aromatic ring is 1. The Morgan fingerprint density at radius 2 is 1.75 bits per heavy atom. The minimum absolute atomic E-state index is 0.393. The number of anilines is 1. The van der Waals surface area contributed by atoms with Crippen LogP contribution >= 0.6 is 11.8 Å². The maximum atomic E-state index is 11.1. The van der Waals surface area contributed by atoms with Crippen LogP contribution in [0.4, 0.5) is 5.69 Å². The van der Waals surface area contributed by atoms with Crippen molar-refractivity contribution in [2.24, 2.45) is 5.73 Å². The predicted molar refractivity (Wildman–Crippen MR) is 79.7 cm³/mol. The quantitative estimate of drug-likeness (QED) is 0.667. The molecule has 0 aliphatic rings. The molecule has 0 spiro atoms. The topological polar surface area (TPSA) is 94.9 Å². The molecule has 0 aliphatic heterocycles. The zero-order valence-electron chi connectivity index (χ0n) is 11.6. The lowest BCUT2D eigenvalue weighted by Gasteiger charge is -2.08. The van der Waals surface area contributed by atoms with Gasteiger partial charge in [-0.15, -0.1) is 0 Å². The molecule has 5 nitrogen and oxygen atoms in total. The van der Waals surface area contributed by atoms with Gasteiger partial charge in [-0.3, -0.25) is 4.79 Å². The van der Waals surface area contributed by atoms with Gasteiger partial charge in [0.15, 0.2) is 5.16 Å². The molecule has 20 heavy (non-hydrogen) atoms. The van der Waals surface area contributed by atoms with E-state index >= 15 is 0 Å². The SMILES string of the molecule is Cc1nc(Sc2ccc(C(N)=O)cc2N)nc(C)c1C. The minimum atomic E-state index is -0.494. The number of carbonyl (C=O) groups excluding carboxylic acids is 1. The van der Waals surface area contributed by atoms with Gasteiger partial charge in [0.05, 0.1) is 0 Å². The number of nitrogens with two attached hydrogens (primary N) is 2. The zero-order valence-corrected chi connectivity index (χ0v) is 12.4. The van der Waals surface area contributed by atoms with Crippen molar-refractivity contribution in [3.05, 3.63) is 40.7 Å². The minimum Gasteiger partial charge on any atom is -0.398 e. The number of hydrogen-bond acceptors (Lipinski definition) is 5. The van der Waals surface area contributed by atoms with Gasteiger partial charge >= 0.3 is 0 Å². The smallest absolute Gasteiger partial charge is 0.248 e. The Bertz CT molecular complexity index is 662. The van der Waals surface area contributed by atoms with Crippen LogP contribution in [0.5, 0.6) is 0 Å². The Balaban J connectivity index is 2.33. The maximum Gasteiger partial charge on any atom is 0.248 e. The third-order valence-corrected chi connectivity index (χ3v) is 4.06. The summed E-state index contributed by atoms with van der Waals surface area (Å²) in [6, 6.07) is 4.97. The molecule has 2 rings (SSSR count). The monoisotopic (exact) mass is 288 g/mol. The van der Waals surface area contributed by atoms with Crippen molar-refractivity contribution in [2.45, 2.75) is 30.8 Å². The summed E-state index contributed by atoms with van der Waals surface area (Å²) >= 11 is 1.37. The van der Waals surface area contributed by atoms with Gasteiger partial charge in [-0.25, -0.2) is 9.97 Å². The van der Waals surface area contributed by atoms with Gasteiger partial charge in [0.1, 0.15) is 0 Å². The first-order valence-electron chi connectivity index (χ1n) is 6.07. The predicted octanol–water partition coefficient (Wildman–Crippen LogP) is 2.23. The van der Waals surface area contributed by atoms with E-state index in [4.69, 9.17) is 11.5 Å². The summed E-state index contributed by atoms with van der Waals surface area (Å²) in [5.74, 6) is -0.494. The molecular formula is C14H16N4OS. The lowest BCUT2D eigenvalue weighted by atomic mass is 10.2. The molecule has 1 aromatic heterocycles. The molecule has 1 amide bonds. The summed E-state index contributed by atoms with van der Waals surface area (Å²) < 4.78 is 0. The highest BCUT2D eigenvalue weighted by Crippen LogP contribution is 2.31. The first-order chi connectivity index (χ1) is 9.38. The molecule has 0 saturated carbocycles. The van der Waals surface area contributed by atoms with E-state index in [0.29, 0.717) is 16.4 Å². The molecule has 0 radical (unpaired) electrons. The van der Waals surface area contributed by atoms with Crippen molar-refractivity contribution in [2.75, 3.05) is 5.73 Å². The van der Waals surface area contributed by atoms with Gasteiger partial charge in [0.2, 0.25) is 5.91 Å². The number of carbonyl (C=O) groups is 1. The average Bonchev–Trinajstić information content (AvgIpc) is 2.38. The first-order valence-corrected chi connectivity index (χ1v) is 6.89. The number of aromatic nitrogens is 2. The number of hydrogen-bond donors (Lipinski definition) is 2. The molecule has 2 aromatic rings. The summed E-state index contributed by atoms with van der Waals surface area (Å²) in [5.41, 5.74) is 15.0. The van der Waals surface area contributed by atoms with Crippen molar-refractivity contribution in [1.82, 2.24) is 9.97 Å². The fourth-order valence-corrected chi connectivity index (χ4v) is 2.55. The summed E-state index contributed by atoms with van der Waals surface area (Å²) in [6.45, 7) is 5.90. The highest BCUT2D eigenvalue weighted by Gasteiger charge is 2.10. The van der Waals surface area contributed by atoms with E-state index in [1.54, 1.807) is 18.2 Å². The number of nitrogens with zero attached hydrogens (tertiary/aromatic N) is 2. The second-order valence-electron chi connectivity index (χ2n) is 4.52. The number of rotatable bonds is 3. The van der Waals surface area contributed by atoms with Crippen molar-refractivity contribution in [3.63, 3.8) is 0 Å². The molecule has 0 unspecified atom stereocenters. The number of aryl methyl sites for hydroxylation is 2. The van der Waals surface area contributed by atoms with Crippen molar-refractivity contribution in [1.29, 1.82) is 0 Å². The van der Waals surface area contributed by atoms with Crippen LogP contribution < -0.4 is 11.5 Å². The van der Waals surface area contributed by atoms with Gasteiger partial charge in [-0.05, 0) is 56.3 Å². The number of benzene rings is 1. The van der Waals surface area contributed by atoms with Crippen LogP contribution in [-0.4, -0.2) is 15.9 Å². The van der Waals surface area contributed by atoms with Crippen LogP contribution in [0, 0.1) is 20.8 Å². The molecule has 6 heteroatoms. The first kappa shape index (κ1) is 14.3. The summed E-state index contributed by atoms with van der Waals surface area (Å²) in [6.07, 6.45) is 0. The van der Waals surface area contributed by atoms with Crippen molar-refractivity contribution in [3.8, 4) is 0 Å². The Morgan fingerprint density at radius 3 is 2.25 bits per heavy atom. The summed E-state index contributed by atoms with van der Waals surface area (Å²) in [4.78, 5) is 20.8. The molecule has 0 fully saturated rings. The average molecular weight is 288 g/mol. The van der Waals surface area contributed by atoms with E-state index in [2.05, 4.69) is 9.97 Å². The highest BCUT2D eigenvalue weighted by molar-refractivity contribution is 7.99. The van der Waals surface area contributed by atoms with Crippen LogP contribution in [0.2, 0.25) is 0 Å². The van der Waals surface area contributed by atoms with E-state index in [9.17, 15) is 4.79 Å². The molecule has 1 aromatic carbocycles. The van der Waals surface area contributed by atoms with Crippen molar-refractivity contribution >= 4 is 23.4 Å². The standard InChI is InChI=1S/C14H16N4OS/c1-7-8(2)17-14(18-9(7)3)20-12-5-4-10(13(16)19)6-11(12)15/h4-6H,15H2,1-3H3,(H2,16,19). The summed E-state index contributed by atoms with van der Waals surface area (Å²) in [5, 5.41) is 0.643. The number of primary amides is 1. The molecule has 104 valence electrons. The van der Waals surface area contributed by atoms with Crippen LogP contribution in [0.3, 0.4) is 0 Å². The van der Waals surface area contributed by atoms with Crippen LogP contribution in [0.15, 0.2) is 28.3 Å². The molecule has 1 heterocycles. The van der Waals surface area contributed by atoms with E-state index in [1.807, 2.05) is 20.8 Å². The van der Waals surface area contributed by atoms with Gasteiger partial charge in [-0.1, -0.05) is 0 Å². The molecule has 0 atom stereocenters. The Labute approximate surface area is 121 Å². The van der Waals surface area contributed by atoms with Gasteiger partial charge in [-0.2, -0.15) is 0 Å². The highest BCUT2D eigenvalue weighted by atomic mass is 32.2. The Morgan fingerprint density at radius 1 is 1.15 bits per heavy atom. The zero-order chi connectivity index (χ0) is 14.9. The second kappa shape index (κ2) is 5.50. The molecule has 0 saturated heterocycles. The van der Waals surface area contributed by atoms with E-state index in [-0.39, 0.29) is 0 Å². The fourth-order valence-electron chi connectivity index (χ4n) is 1.68.